The molecule has 0 saturated heterocycles. The van der Waals surface area contributed by atoms with Gasteiger partial charge in [0.2, 0.25) is 0 Å². The number of para-hydroxylation sites is 1. The fourth-order valence-corrected chi connectivity index (χ4v) is 2.46. The molecule has 1 aliphatic rings. The minimum atomic E-state index is -0.713. The molecule has 2 aromatic rings. The summed E-state index contributed by atoms with van der Waals surface area (Å²) >= 11 is 0. The van der Waals surface area contributed by atoms with Crippen LogP contribution in [0.25, 0.3) is 0 Å². The van der Waals surface area contributed by atoms with Crippen LogP contribution < -0.4 is 10.6 Å². The Morgan fingerprint density at radius 1 is 1.04 bits per heavy atom. The Labute approximate surface area is 155 Å². The number of carbonyl (C=O) groups excluding carboxylic acids is 3. The molecule has 2 aromatic carbocycles. The van der Waals surface area contributed by atoms with Crippen molar-refractivity contribution in [1.29, 1.82) is 0 Å². The van der Waals surface area contributed by atoms with Crippen LogP contribution in [0.5, 0.6) is 0 Å². The third-order valence-corrected chi connectivity index (χ3v) is 4.02. The van der Waals surface area contributed by atoms with Crippen molar-refractivity contribution in [3.63, 3.8) is 0 Å². The molecule has 2 N–H and O–H groups in total. The van der Waals surface area contributed by atoms with E-state index >= 15 is 0 Å². The zero-order valence-corrected chi connectivity index (χ0v) is 14.5. The fraction of sp³-hybridized carbons (Fsp3) is 0.250. The summed E-state index contributed by atoms with van der Waals surface area (Å²) in [5.74, 6) is -2.06. The van der Waals surface area contributed by atoms with Gasteiger partial charge in [-0.15, -0.1) is 0 Å². The van der Waals surface area contributed by atoms with Gasteiger partial charge in [0, 0.05) is 6.04 Å². The number of rotatable bonds is 7. The van der Waals surface area contributed by atoms with Gasteiger partial charge in [0.15, 0.2) is 6.61 Å². The molecule has 3 rings (SSSR count). The number of hydrogen-bond donors (Lipinski definition) is 2. The summed E-state index contributed by atoms with van der Waals surface area (Å²) in [5.41, 5.74) is 0.881. The number of hydrogen-bond acceptors (Lipinski definition) is 4. The van der Waals surface area contributed by atoms with Gasteiger partial charge in [-0.2, -0.15) is 0 Å². The van der Waals surface area contributed by atoms with E-state index < -0.39 is 24.3 Å². The van der Waals surface area contributed by atoms with Crippen LogP contribution in [0.15, 0.2) is 48.5 Å². The van der Waals surface area contributed by atoms with Crippen molar-refractivity contribution >= 4 is 23.5 Å². The van der Waals surface area contributed by atoms with Gasteiger partial charge in [0.25, 0.3) is 11.8 Å². The van der Waals surface area contributed by atoms with E-state index in [9.17, 15) is 18.8 Å². The Morgan fingerprint density at radius 3 is 2.48 bits per heavy atom. The van der Waals surface area contributed by atoms with Crippen molar-refractivity contribution in [2.45, 2.75) is 25.3 Å². The maximum absolute atomic E-state index is 13.5. The maximum Gasteiger partial charge on any atom is 0.310 e. The zero-order chi connectivity index (χ0) is 19.2. The molecular weight excluding hydrogens is 351 g/mol. The highest BCUT2D eigenvalue weighted by Crippen LogP contribution is 2.21. The molecule has 0 aromatic heterocycles. The molecule has 1 aliphatic carbocycles. The quantitative estimate of drug-likeness (QED) is 0.733. The predicted molar refractivity (Wildman–Crippen MR) is 96.6 cm³/mol. The second kappa shape index (κ2) is 8.44. The minimum absolute atomic E-state index is 0.195. The van der Waals surface area contributed by atoms with Crippen LogP contribution in [0.1, 0.15) is 28.8 Å². The fourth-order valence-electron chi connectivity index (χ4n) is 2.46. The summed E-state index contributed by atoms with van der Waals surface area (Å²) in [5, 5.41) is 5.42. The standard InChI is InChI=1S/C20H19FN2O4/c21-16-7-3-1-5-13(16)11-19(25)27-12-18(24)23-17-8-4-2-6-15(17)20(26)22-14-9-10-14/h1-8,14H,9-12H2,(H,22,26)(H,23,24). The van der Waals surface area contributed by atoms with Crippen molar-refractivity contribution in [3.8, 4) is 0 Å². The number of benzene rings is 2. The zero-order valence-electron chi connectivity index (χ0n) is 14.5. The van der Waals surface area contributed by atoms with Crippen LogP contribution in [0.4, 0.5) is 10.1 Å². The molecule has 27 heavy (non-hydrogen) atoms. The van der Waals surface area contributed by atoms with Gasteiger partial charge in [-0.25, -0.2) is 4.39 Å². The number of carbonyl (C=O) groups is 3. The second-order valence-electron chi connectivity index (χ2n) is 6.27. The van der Waals surface area contributed by atoms with Gasteiger partial charge < -0.3 is 15.4 Å². The molecule has 0 aliphatic heterocycles. The molecule has 1 fully saturated rings. The summed E-state index contributed by atoms with van der Waals surface area (Å²) in [6, 6.07) is 12.7. The average Bonchev–Trinajstić information content (AvgIpc) is 3.46. The average molecular weight is 370 g/mol. The lowest BCUT2D eigenvalue weighted by Crippen LogP contribution is -2.28. The SMILES string of the molecule is O=C(COC(=O)Cc1ccccc1F)Nc1ccccc1C(=O)NC1CC1. The lowest BCUT2D eigenvalue weighted by Gasteiger charge is -2.11. The first kappa shape index (κ1) is 18.6. The van der Waals surface area contributed by atoms with Crippen LogP contribution in [0.3, 0.4) is 0 Å². The van der Waals surface area contributed by atoms with E-state index in [0.717, 1.165) is 12.8 Å². The number of anilines is 1. The Hall–Kier alpha value is -3.22. The largest absolute Gasteiger partial charge is 0.455 e. The van der Waals surface area contributed by atoms with Crippen molar-refractivity contribution in [2.75, 3.05) is 11.9 Å². The summed E-state index contributed by atoms with van der Waals surface area (Å²) in [6.45, 7) is -0.522. The molecule has 2 amide bonds. The third-order valence-electron chi connectivity index (χ3n) is 4.02. The van der Waals surface area contributed by atoms with Gasteiger partial charge >= 0.3 is 5.97 Å². The van der Waals surface area contributed by atoms with Crippen LogP contribution >= 0.6 is 0 Å². The molecular formula is C20H19FN2O4. The van der Waals surface area contributed by atoms with Crippen LogP contribution in [-0.2, 0) is 20.7 Å². The van der Waals surface area contributed by atoms with Crippen molar-refractivity contribution < 1.29 is 23.5 Å². The van der Waals surface area contributed by atoms with E-state index in [2.05, 4.69) is 10.6 Å². The minimum Gasteiger partial charge on any atom is -0.455 e. The second-order valence-corrected chi connectivity index (χ2v) is 6.27. The highest BCUT2D eigenvalue weighted by Gasteiger charge is 2.25. The van der Waals surface area contributed by atoms with Crippen LogP contribution in [0, 0.1) is 5.82 Å². The molecule has 0 atom stereocenters. The van der Waals surface area contributed by atoms with Crippen LogP contribution in [-0.4, -0.2) is 30.4 Å². The monoisotopic (exact) mass is 370 g/mol. The molecule has 6 nitrogen and oxygen atoms in total. The number of amides is 2. The Balaban J connectivity index is 1.52. The van der Waals surface area contributed by atoms with Gasteiger partial charge in [-0.1, -0.05) is 30.3 Å². The normalized spacial score (nSPS) is 12.9. The van der Waals surface area contributed by atoms with E-state index in [1.165, 1.54) is 18.2 Å². The van der Waals surface area contributed by atoms with Crippen LogP contribution in [0.2, 0.25) is 0 Å². The molecule has 140 valence electrons. The molecule has 0 spiro atoms. The van der Waals surface area contributed by atoms with E-state index in [1.807, 2.05) is 0 Å². The Kier molecular flexibility index (Phi) is 5.80. The van der Waals surface area contributed by atoms with Gasteiger partial charge in [0.1, 0.15) is 5.82 Å². The topological polar surface area (TPSA) is 84.5 Å². The first-order chi connectivity index (χ1) is 13.0. The van der Waals surface area contributed by atoms with Gasteiger partial charge in [0.05, 0.1) is 17.7 Å². The lowest BCUT2D eigenvalue weighted by molar-refractivity contribution is -0.146. The molecule has 0 bridgehead atoms. The van der Waals surface area contributed by atoms with E-state index in [0.29, 0.717) is 11.3 Å². The summed E-state index contributed by atoms with van der Waals surface area (Å²) < 4.78 is 18.4. The van der Waals surface area contributed by atoms with Crippen molar-refractivity contribution in [3.05, 3.63) is 65.5 Å². The van der Waals surface area contributed by atoms with Gasteiger partial charge in [-0.05, 0) is 36.6 Å². The number of nitrogens with one attached hydrogen (secondary N) is 2. The summed E-state index contributed by atoms with van der Waals surface area (Å²) in [6.07, 6.45) is 1.65. The summed E-state index contributed by atoms with van der Waals surface area (Å²) in [4.78, 5) is 36.1. The van der Waals surface area contributed by atoms with E-state index in [1.54, 1.807) is 30.3 Å². The maximum atomic E-state index is 13.5. The lowest BCUT2D eigenvalue weighted by atomic mass is 10.1. The van der Waals surface area contributed by atoms with E-state index in [4.69, 9.17) is 4.74 Å². The third kappa shape index (κ3) is 5.37. The molecule has 1 saturated carbocycles. The van der Waals surface area contributed by atoms with Gasteiger partial charge in [-0.3, -0.25) is 14.4 Å². The highest BCUT2D eigenvalue weighted by atomic mass is 19.1. The summed E-state index contributed by atoms with van der Waals surface area (Å²) in [7, 11) is 0. The van der Waals surface area contributed by atoms with E-state index in [-0.39, 0.29) is 23.9 Å². The molecule has 0 unspecified atom stereocenters. The smallest absolute Gasteiger partial charge is 0.310 e. The predicted octanol–water partition coefficient (Wildman–Crippen LogP) is 2.44. The molecule has 0 radical (unpaired) electrons. The van der Waals surface area contributed by atoms with Crippen molar-refractivity contribution in [2.24, 2.45) is 0 Å². The first-order valence-electron chi connectivity index (χ1n) is 8.61. The molecule has 7 heteroatoms. The Bertz CT molecular complexity index is 865. The number of esters is 1. The number of halogens is 1. The molecule has 0 heterocycles. The first-order valence-corrected chi connectivity index (χ1v) is 8.61. The number of ether oxygens (including phenoxy) is 1. The Morgan fingerprint density at radius 2 is 1.74 bits per heavy atom. The highest BCUT2D eigenvalue weighted by molar-refractivity contribution is 6.04. The van der Waals surface area contributed by atoms with Crippen molar-refractivity contribution in [1.82, 2.24) is 5.32 Å².